The van der Waals surface area contributed by atoms with Gasteiger partial charge in [-0.1, -0.05) is 0 Å². The minimum Gasteiger partial charge on any atom is -0.469 e. The highest BCUT2D eigenvalue weighted by Crippen LogP contribution is 2.35. The molecule has 0 heterocycles. The lowest BCUT2D eigenvalue weighted by molar-refractivity contribution is -0.149. The minimum absolute atomic E-state index is 0.277. The van der Waals surface area contributed by atoms with E-state index in [1.54, 1.807) is 0 Å². The summed E-state index contributed by atoms with van der Waals surface area (Å²) in [6.07, 6.45) is 0. The second kappa shape index (κ2) is 10.6. The van der Waals surface area contributed by atoms with Crippen LogP contribution in [0.2, 0.25) is 0 Å². The summed E-state index contributed by atoms with van der Waals surface area (Å²) in [7, 11) is 4.86. The van der Waals surface area contributed by atoms with E-state index in [1.807, 2.05) is 0 Å². The molecule has 0 aromatic rings. The molecule has 0 aliphatic rings. The number of ether oxygens (including phenoxy) is 4. The summed E-state index contributed by atoms with van der Waals surface area (Å²) in [5.74, 6) is -5.98. The Labute approximate surface area is 153 Å². The summed E-state index contributed by atoms with van der Waals surface area (Å²) in [6, 6.07) is 0. The first-order valence-corrected chi connectivity index (χ1v) is 8.13. The van der Waals surface area contributed by atoms with Crippen molar-refractivity contribution in [3.8, 4) is 0 Å². The van der Waals surface area contributed by atoms with Gasteiger partial charge in [0, 0.05) is 0 Å². The highest BCUT2D eigenvalue weighted by atomic mass is 16.5. The van der Waals surface area contributed by atoms with Gasteiger partial charge in [0.15, 0.2) is 0 Å². The molecular weight excluding hydrogens is 344 g/mol. The van der Waals surface area contributed by atoms with Gasteiger partial charge in [-0.25, -0.2) is 0 Å². The fourth-order valence-electron chi connectivity index (χ4n) is 2.96. The average molecular weight is 372 g/mol. The van der Waals surface area contributed by atoms with Crippen LogP contribution in [0.3, 0.4) is 0 Å². The van der Waals surface area contributed by atoms with Crippen LogP contribution in [-0.2, 0) is 38.1 Å². The fraction of sp³-hybridized carbons (Fsp3) is 0.667. The summed E-state index contributed by atoms with van der Waals surface area (Å²) in [6.45, 7) is 6.15. The predicted octanol–water partition coefficient (Wildman–Crippen LogP) is 1.52. The Bertz CT molecular complexity index is 480. The van der Waals surface area contributed by atoms with Gasteiger partial charge in [0.05, 0.1) is 52.1 Å². The standard InChI is InChI=1S/C18H28O8/c1-9(15(19)23-5)13(10(2)16(20)24-6)14(11(3)17(21)25-7)12(4)18(22)26-8/h9-12H,1-8H3. The molecule has 0 radical (unpaired) electrons. The van der Waals surface area contributed by atoms with Crippen LogP contribution in [-0.4, -0.2) is 52.3 Å². The number of carbonyl (C=O) groups is 4. The van der Waals surface area contributed by atoms with Gasteiger partial charge in [0.1, 0.15) is 0 Å². The lowest BCUT2D eigenvalue weighted by atomic mass is 9.77. The molecule has 26 heavy (non-hydrogen) atoms. The normalized spacial score (nSPS) is 14.9. The molecule has 4 atom stereocenters. The van der Waals surface area contributed by atoms with E-state index in [2.05, 4.69) is 0 Å². The number of methoxy groups -OCH3 is 4. The molecule has 148 valence electrons. The van der Waals surface area contributed by atoms with Gasteiger partial charge >= 0.3 is 23.9 Å². The first kappa shape index (κ1) is 23.6. The van der Waals surface area contributed by atoms with Crippen molar-refractivity contribution in [1.82, 2.24) is 0 Å². The van der Waals surface area contributed by atoms with Gasteiger partial charge < -0.3 is 18.9 Å². The van der Waals surface area contributed by atoms with Crippen molar-refractivity contribution >= 4 is 23.9 Å². The molecule has 0 aliphatic carbocycles. The summed E-state index contributed by atoms with van der Waals surface area (Å²) < 4.78 is 19.1. The molecule has 8 heteroatoms. The highest BCUT2D eigenvalue weighted by molar-refractivity contribution is 5.86. The van der Waals surface area contributed by atoms with Crippen LogP contribution < -0.4 is 0 Å². The van der Waals surface area contributed by atoms with Crippen molar-refractivity contribution in [2.45, 2.75) is 27.7 Å². The smallest absolute Gasteiger partial charge is 0.312 e. The predicted molar refractivity (Wildman–Crippen MR) is 91.7 cm³/mol. The van der Waals surface area contributed by atoms with Crippen LogP contribution in [0.15, 0.2) is 11.1 Å². The van der Waals surface area contributed by atoms with E-state index >= 15 is 0 Å². The van der Waals surface area contributed by atoms with Crippen molar-refractivity contribution < 1.29 is 38.1 Å². The Morgan fingerprint density at radius 2 is 0.615 bits per heavy atom. The van der Waals surface area contributed by atoms with Gasteiger partial charge in [-0.15, -0.1) is 0 Å². The molecule has 0 N–H and O–H groups in total. The molecule has 0 spiro atoms. The van der Waals surface area contributed by atoms with E-state index < -0.39 is 47.5 Å². The average Bonchev–Trinajstić information content (AvgIpc) is 2.66. The molecule has 4 unspecified atom stereocenters. The van der Waals surface area contributed by atoms with Crippen LogP contribution in [0.4, 0.5) is 0 Å². The summed E-state index contributed by atoms with van der Waals surface area (Å²) in [5.41, 5.74) is 0.555. The second-order valence-electron chi connectivity index (χ2n) is 5.89. The summed E-state index contributed by atoms with van der Waals surface area (Å²) >= 11 is 0. The highest BCUT2D eigenvalue weighted by Gasteiger charge is 2.38. The maximum Gasteiger partial charge on any atom is 0.312 e. The number of carbonyl (C=O) groups excluding carboxylic acids is 4. The topological polar surface area (TPSA) is 105 Å². The third kappa shape index (κ3) is 5.31. The maximum absolute atomic E-state index is 12.2. The number of hydrogen-bond acceptors (Lipinski definition) is 8. The molecule has 0 rings (SSSR count). The van der Waals surface area contributed by atoms with Crippen molar-refractivity contribution in [2.24, 2.45) is 23.7 Å². The van der Waals surface area contributed by atoms with E-state index in [4.69, 9.17) is 18.9 Å². The van der Waals surface area contributed by atoms with Crippen molar-refractivity contribution in [1.29, 1.82) is 0 Å². The lowest BCUT2D eigenvalue weighted by Gasteiger charge is -2.28. The van der Waals surface area contributed by atoms with Crippen molar-refractivity contribution in [2.75, 3.05) is 28.4 Å². The third-order valence-corrected chi connectivity index (χ3v) is 4.42. The van der Waals surface area contributed by atoms with Gasteiger partial charge in [-0.2, -0.15) is 0 Å². The Morgan fingerprint density at radius 3 is 0.731 bits per heavy atom. The lowest BCUT2D eigenvalue weighted by Crippen LogP contribution is -2.33. The molecule has 8 nitrogen and oxygen atoms in total. The minimum atomic E-state index is -0.886. The molecular formula is C18H28O8. The Balaban J connectivity index is 6.74. The van der Waals surface area contributed by atoms with Crippen molar-refractivity contribution in [3.05, 3.63) is 11.1 Å². The van der Waals surface area contributed by atoms with E-state index in [-0.39, 0.29) is 11.1 Å². The number of esters is 4. The van der Waals surface area contributed by atoms with Crippen LogP contribution in [0.5, 0.6) is 0 Å². The molecule has 0 amide bonds. The van der Waals surface area contributed by atoms with E-state index in [0.29, 0.717) is 0 Å². The molecule has 0 bridgehead atoms. The monoisotopic (exact) mass is 372 g/mol. The number of rotatable bonds is 8. The SMILES string of the molecule is COC(=O)C(C)C(=C(C(C)C(=O)OC)C(C)C(=O)OC)C(C)C(=O)OC. The zero-order chi connectivity index (χ0) is 20.6. The third-order valence-electron chi connectivity index (χ3n) is 4.42. The van der Waals surface area contributed by atoms with Crippen molar-refractivity contribution in [3.63, 3.8) is 0 Å². The van der Waals surface area contributed by atoms with E-state index in [9.17, 15) is 19.2 Å². The number of hydrogen-bond donors (Lipinski definition) is 0. The van der Waals surface area contributed by atoms with E-state index in [0.717, 1.165) is 0 Å². The zero-order valence-electron chi connectivity index (χ0n) is 16.6. The quantitative estimate of drug-likeness (QED) is 0.359. The molecule has 0 aromatic heterocycles. The first-order chi connectivity index (χ1) is 12.1. The molecule has 0 fully saturated rings. The summed E-state index contributed by atoms with van der Waals surface area (Å²) in [4.78, 5) is 48.6. The van der Waals surface area contributed by atoms with Gasteiger partial charge in [0.25, 0.3) is 0 Å². The first-order valence-electron chi connectivity index (χ1n) is 8.13. The second-order valence-corrected chi connectivity index (χ2v) is 5.89. The van der Waals surface area contributed by atoms with Crippen LogP contribution in [0.25, 0.3) is 0 Å². The van der Waals surface area contributed by atoms with Gasteiger partial charge in [0.2, 0.25) is 0 Å². The molecule has 0 saturated heterocycles. The Morgan fingerprint density at radius 1 is 0.462 bits per heavy atom. The van der Waals surface area contributed by atoms with E-state index in [1.165, 1.54) is 56.1 Å². The zero-order valence-corrected chi connectivity index (χ0v) is 16.6. The Hall–Kier alpha value is -2.38. The maximum atomic E-state index is 12.2. The molecule has 0 saturated carbocycles. The fourth-order valence-corrected chi connectivity index (χ4v) is 2.96. The van der Waals surface area contributed by atoms with Gasteiger partial charge in [-0.05, 0) is 38.8 Å². The largest absolute Gasteiger partial charge is 0.469 e. The van der Waals surface area contributed by atoms with Crippen LogP contribution in [0, 0.1) is 23.7 Å². The molecule has 0 aromatic carbocycles. The summed E-state index contributed by atoms with van der Waals surface area (Å²) in [5, 5.41) is 0. The van der Waals surface area contributed by atoms with Crippen LogP contribution >= 0.6 is 0 Å². The Kier molecular flexibility index (Phi) is 9.61. The molecule has 0 aliphatic heterocycles. The van der Waals surface area contributed by atoms with Crippen LogP contribution in [0.1, 0.15) is 27.7 Å². The van der Waals surface area contributed by atoms with Gasteiger partial charge in [-0.3, -0.25) is 19.2 Å².